The molecule has 54 heavy (non-hydrogen) atoms. The Morgan fingerprint density at radius 1 is 0.593 bits per heavy atom. The average molecular weight is 774 g/mol. The van der Waals surface area contributed by atoms with Crippen LogP contribution in [0, 0.1) is 13.8 Å². The fourth-order valence-corrected chi connectivity index (χ4v) is 5.30. The number of hydrazone groups is 2. The van der Waals surface area contributed by atoms with E-state index in [4.69, 9.17) is 32.7 Å². The number of ether oxygens (including phenoxy) is 2. The summed E-state index contributed by atoms with van der Waals surface area (Å²) in [4.78, 5) is 50.9. The molecule has 0 aliphatic carbocycles. The van der Waals surface area contributed by atoms with Crippen LogP contribution >= 0.6 is 23.2 Å². The van der Waals surface area contributed by atoms with Gasteiger partial charge in [-0.05, 0) is 122 Å². The quantitative estimate of drug-likeness (QED) is 0.0471. The molecule has 14 heteroatoms. The molecular formula is C40H42Cl2N6O6. The van der Waals surface area contributed by atoms with Gasteiger partial charge in [-0.15, -0.1) is 0 Å². The molecule has 0 bridgehead atoms. The van der Waals surface area contributed by atoms with E-state index < -0.39 is 23.4 Å². The van der Waals surface area contributed by atoms with E-state index >= 15 is 0 Å². The lowest BCUT2D eigenvalue weighted by atomic mass is 9.95. The number of carbonyl (C=O) groups excluding carboxylic acids is 4. The number of nitrogens with zero attached hydrogens (tertiary/aromatic N) is 2. The van der Waals surface area contributed by atoms with Gasteiger partial charge in [-0.2, -0.15) is 10.2 Å². The number of ketones is 2. The monoisotopic (exact) mass is 772 g/mol. The van der Waals surface area contributed by atoms with Crippen molar-refractivity contribution in [2.75, 3.05) is 34.7 Å². The number of hydrogen-bond acceptors (Lipinski definition) is 10. The first-order chi connectivity index (χ1) is 25.8. The number of benzene rings is 4. The minimum atomic E-state index is -0.687. The van der Waals surface area contributed by atoms with Gasteiger partial charge in [0.05, 0.1) is 24.6 Å². The van der Waals surface area contributed by atoms with Crippen LogP contribution in [-0.2, 0) is 19.2 Å². The minimum absolute atomic E-state index is 0.331. The molecule has 282 valence electrons. The summed E-state index contributed by atoms with van der Waals surface area (Å²) >= 11 is 11.9. The molecular weight excluding hydrogens is 731 g/mol. The molecule has 0 aliphatic heterocycles. The molecule has 0 fully saturated rings. The Morgan fingerprint density at radius 3 is 1.26 bits per heavy atom. The summed E-state index contributed by atoms with van der Waals surface area (Å²) in [5, 5.41) is 14.7. The molecule has 0 saturated carbocycles. The van der Waals surface area contributed by atoms with Crippen LogP contribution in [0.2, 0.25) is 10.0 Å². The molecule has 4 aromatic carbocycles. The molecule has 12 nitrogen and oxygen atoms in total. The van der Waals surface area contributed by atoms with Crippen LogP contribution in [-0.4, -0.2) is 48.0 Å². The maximum atomic E-state index is 13.0. The highest BCUT2D eigenvalue weighted by Gasteiger charge is 2.21. The van der Waals surface area contributed by atoms with Crippen molar-refractivity contribution in [3.8, 4) is 22.6 Å². The molecule has 4 N–H and O–H groups in total. The number of hydrogen-bond donors (Lipinski definition) is 4. The van der Waals surface area contributed by atoms with Gasteiger partial charge in [0.2, 0.25) is 0 Å². The van der Waals surface area contributed by atoms with Crippen molar-refractivity contribution in [1.29, 1.82) is 0 Å². The highest BCUT2D eigenvalue weighted by molar-refractivity contribution is 6.67. The molecule has 0 saturated heterocycles. The van der Waals surface area contributed by atoms with E-state index in [1.165, 1.54) is 13.8 Å². The maximum absolute atomic E-state index is 13.0. The van der Waals surface area contributed by atoms with E-state index in [1.807, 2.05) is 52.0 Å². The van der Waals surface area contributed by atoms with Gasteiger partial charge >= 0.3 is 0 Å². The SMILES string of the molecule is CCCOc1cc(-c2cc(OCCC)c(N/N=C(\C(C)=O)C(=O)Nc3ccc(Cl)cc3)cc2C)c(C)cc1N/N=C(\C(C)=O)C(=O)Nc1ccc(Cl)cc1. The molecule has 0 atom stereocenters. The summed E-state index contributed by atoms with van der Waals surface area (Å²) in [7, 11) is 0. The van der Waals surface area contributed by atoms with E-state index in [9.17, 15) is 19.2 Å². The first-order valence-corrected chi connectivity index (χ1v) is 17.9. The van der Waals surface area contributed by atoms with Crippen LogP contribution in [0.4, 0.5) is 22.7 Å². The number of amides is 2. The Hall–Kier alpha value is -5.72. The van der Waals surface area contributed by atoms with E-state index in [2.05, 4.69) is 31.7 Å². The lowest BCUT2D eigenvalue weighted by molar-refractivity contribution is -0.116. The Labute approximate surface area is 324 Å². The second-order valence-corrected chi connectivity index (χ2v) is 13.1. The topological polar surface area (TPSA) is 160 Å². The predicted molar refractivity (Wildman–Crippen MR) is 217 cm³/mol. The number of aryl methyl sites for hydroxylation is 2. The fraction of sp³-hybridized carbons (Fsp3) is 0.250. The molecule has 0 heterocycles. The zero-order chi connectivity index (χ0) is 39.4. The van der Waals surface area contributed by atoms with E-state index in [0.29, 0.717) is 57.5 Å². The Balaban J connectivity index is 1.68. The van der Waals surface area contributed by atoms with Crippen LogP contribution in [0.25, 0.3) is 11.1 Å². The molecule has 0 spiro atoms. The van der Waals surface area contributed by atoms with Gasteiger partial charge in [-0.1, -0.05) is 37.0 Å². The third kappa shape index (κ3) is 11.1. The molecule has 0 aliphatic rings. The number of halogens is 2. The zero-order valence-electron chi connectivity index (χ0n) is 30.9. The van der Waals surface area contributed by atoms with Crippen LogP contribution in [0.5, 0.6) is 11.5 Å². The lowest BCUT2D eigenvalue weighted by Crippen LogP contribution is -2.29. The molecule has 0 aromatic heterocycles. The third-order valence-electron chi connectivity index (χ3n) is 7.74. The van der Waals surface area contributed by atoms with Crippen LogP contribution < -0.4 is 31.0 Å². The molecule has 2 amide bonds. The van der Waals surface area contributed by atoms with Gasteiger partial charge in [0.1, 0.15) is 11.5 Å². The van der Waals surface area contributed by atoms with Crippen LogP contribution in [0.15, 0.2) is 83.0 Å². The normalized spacial score (nSPS) is 11.4. The standard InChI is InChI=1S/C40H42Cl2N6O6/c1-7-17-53-35-21-31(23(3)19-33(35)45-47-37(25(5)49)39(51)43-29-13-9-27(41)10-14-29)32-22-36(54-18-8-2)34(20-24(32)4)46-48-38(26(6)50)40(52)44-30-15-11-28(42)12-16-30/h9-16,19-22,45-46H,7-8,17-18H2,1-6H3,(H,43,51)(H,44,52)/b47-37+,48-38+. The third-order valence-corrected chi connectivity index (χ3v) is 8.25. The molecule has 0 unspecified atom stereocenters. The second kappa shape index (κ2) is 19.4. The van der Waals surface area contributed by atoms with Crippen molar-refractivity contribution in [3.05, 3.63) is 94.0 Å². The first kappa shape index (κ1) is 41.0. The smallest absolute Gasteiger partial charge is 0.279 e. The zero-order valence-corrected chi connectivity index (χ0v) is 32.4. The van der Waals surface area contributed by atoms with Gasteiger partial charge in [0.15, 0.2) is 23.0 Å². The summed E-state index contributed by atoms with van der Waals surface area (Å²) in [5.41, 5.74) is 10.2. The van der Waals surface area contributed by atoms with Gasteiger partial charge in [0, 0.05) is 35.3 Å². The van der Waals surface area contributed by atoms with Crippen molar-refractivity contribution in [1.82, 2.24) is 0 Å². The molecule has 0 radical (unpaired) electrons. The average Bonchev–Trinajstić information content (AvgIpc) is 3.12. The lowest BCUT2D eigenvalue weighted by Gasteiger charge is -2.19. The summed E-state index contributed by atoms with van der Waals surface area (Å²) in [6.07, 6.45) is 1.45. The number of anilines is 4. The fourth-order valence-electron chi connectivity index (χ4n) is 5.05. The van der Waals surface area contributed by atoms with Crippen molar-refractivity contribution in [2.24, 2.45) is 10.2 Å². The van der Waals surface area contributed by atoms with E-state index in [-0.39, 0.29) is 11.4 Å². The number of Topliss-reactive ketones (excluding diaryl/α,β-unsaturated/α-hetero) is 2. The minimum Gasteiger partial charge on any atom is -0.491 e. The van der Waals surface area contributed by atoms with E-state index in [0.717, 1.165) is 35.1 Å². The Kier molecular flexibility index (Phi) is 14.7. The van der Waals surface area contributed by atoms with Crippen LogP contribution in [0.3, 0.4) is 0 Å². The van der Waals surface area contributed by atoms with E-state index in [1.54, 1.807) is 48.5 Å². The van der Waals surface area contributed by atoms with Crippen molar-refractivity contribution < 1.29 is 28.7 Å². The van der Waals surface area contributed by atoms with Crippen molar-refractivity contribution in [3.63, 3.8) is 0 Å². The summed E-state index contributed by atoms with van der Waals surface area (Å²) in [5.74, 6) is -1.56. The highest BCUT2D eigenvalue weighted by Crippen LogP contribution is 2.40. The van der Waals surface area contributed by atoms with Crippen LogP contribution in [0.1, 0.15) is 51.7 Å². The van der Waals surface area contributed by atoms with Gasteiger partial charge < -0.3 is 20.1 Å². The van der Waals surface area contributed by atoms with Crippen molar-refractivity contribution >= 4 is 80.8 Å². The maximum Gasteiger partial charge on any atom is 0.279 e. The Morgan fingerprint density at radius 2 is 0.944 bits per heavy atom. The molecule has 4 aromatic rings. The van der Waals surface area contributed by atoms with Gasteiger partial charge in [-0.3, -0.25) is 30.0 Å². The summed E-state index contributed by atoms with van der Waals surface area (Å²) < 4.78 is 12.2. The summed E-state index contributed by atoms with van der Waals surface area (Å²) in [6.45, 7) is 11.1. The second-order valence-electron chi connectivity index (χ2n) is 12.2. The number of nitrogens with one attached hydrogen (secondary N) is 4. The number of rotatable bonds is 17. The van der Waals surface area contributed by atoms with Crippen molar-refractivity contribution in [2.45, 2.75) is 54.4 Å². The molecule has 4 rings (SSSR count). The largest absolute Gasteiger partial charge is 0.491 e. The first-order valence-electron chi connectivity index (χ1n) is 17.2. The highest BCUT2D eigenvalue weighted by atomic mass is 35.5. The van der Waals surface area contributed by atoms with Gasteiger partial charge in [0.25, 0.3) is 11.8 Å². The predicted octanol–water partition coefficient (Wildman–Crippen LogP) is 8.85. The number of carbonyl (C=O) groups is 4. The Bertz CT molecular complexity index is 1930. The van der Waals surface area contributed by atoms with Gasteiger partial charge in [-0.25, -0.2) is 0 Å². The summed E-state index contributed by atoms with van der Waals surface area (Å²) in [6, 6.07) is 20.3.